The second-order valence-electron chi connectivity index (χ2n) is 6.49. The van der Waals surface area contributed by atoms with E-state index in [0.717, 1.165) is 5.69 Å². The molecule has 8 heteroatoms. The zero-order chi connectivity index (χ0) is 18.6. The molecule has 2 rings (SSSR count). The summed E-state index contributed by atoms with van der Waals surface area (Å²) >= 11 is 0. The Morgan fingerprint density at radius 1 is 1.32 bits per heavy atom. The minimum atomic E-state index is -0.319. The molecule has 136 valence electrons. The number of aromatic nitrogens is 4. The Morgan fingerprint density at radius 2 is 2.04 bits per heavy atom. The molecule has 0 unspecified atom stereocenters. The van der Waals surface area contributed by atoms with E-state index in [2.05, 4.69) is 15.1 Å². The zero-order valence-electron chi connectivity index (χ0n) is 15.4. The molecule has 0 aliphatic carbocycles. The molecule has 0 N–H and O–H groups in total. The molecule has 25 heavy (non-hydrogen) atoms. The van der Waals surface area contributed by atoms with Crippen molar-refractivity contribution in [2.45, 2.75) is 53.0 Å². The second kappa shape index (κ2) is 8.04. The molecule has 2 aromatic rings. The van der Waals surface area contributed by atoms with Gasteiger partial charge in [0.15, 0.2) is 5.82 Å². The van der Waals surface area contributed by atoms with Crippen LogP contribution in [0.4, 0.5) is 0 Å². The summed E-state index contributed by atoms with van der Waals surface area (Å²) in [6, 6.07) is 1.83. The second-order valence-corrected chi connectivity index (χ2v) is 6.49. The van der Waals surface area contributed by atoms with Crippen molar-refractivity contribution >= 4 is 5.91 Å². The number of hydrogen-bond acceptors (Lipinski definition) is 6. The van der Waals surface area contributed by atoms with Crippen molar-refractivity contribution in [2.24, 2.45) is 0 Å². The molecular formula is C17H25N5O3. The van der Waals surface area contributed by atoms with Gasteiger partial charge in [-0.15, -0.1) is 0 Å². The first-order valence-electron chi connectivity index (χ1n) is 8.39. The summed E-state index contributed by atoms with van der Waals surface area (Å²) in [6.07, 6.45) is 0.773. The van der Waals surface area contributed by atoms with Gasteiger partial charge in [-0.2, -0.15) is 9.97 Å². The maximum absolute atomic E-state index is 12.3. The van der Waals surface area contributed by atoms with Gasteiger partial charge in [0.25, 0.3) is 0 Å². The van der Waals surface area contributed by atoms with Crippen molar-refractivity contribution in [3.8, 4) is 0 Å². The standard InChI is InChI=1S/C17H25N5O3/c1-11(2)16-19-14(20-25-16)6-8-21(5)15(23)7-9-22-13(4)10-12(3)18-17(22)24/h10-11H,6-9H2,1-5H3. The Bertz CT molecular complexity index is 794. The fourth-order valence-corrected chi connectivity index (χ4v) is 2.44. The van der Waals surface area contributed by atoms with Gasteiger partial charge in [-0.1, -0.05) is 19.0 Å². The summed E-state index contributed by atoms with van der Waals surface area (Å²) in [6.45, 7) is 8.40. The fourth-order valence-electron chi connectivity index (χ4n) is 2.44. The number of carbonyl (C=O) groups excluding carboxylic acids is 1. The smallest absolute Gasteiger partial charge is 0.345 e. The Morgan fingerprint density at radius 3 is 2.64 bits per heavy atom. The third-order valence-electron chi connectivity index (χ3n) is 3.97. The molecule has 0 aliphatic rings. The molecule has 1 amide bonds. The average Bonchev–Trinajstić information content (AvgIpc) is 3.00. The third-order valence-corrected chi connectivity index (χ3v) is 3.97. The van der Waals surface area contributed by atoms with Crippen molar-refractivity contribution in [1.29, 1.82) is 0 Å². The number of hydrogen-bond donors (Lipinski definition) is 0. The third kappa shape index (κ3) is 4.98. The number of rotatable bonds is 7. The summed E-state index contributed by atoms with van der Waals surface area (Å²) < 4.78 is 6.67. The highest BCUT2D eigenvalue weighted by Crippen LogP contribution is 2.11. The van der Waals surface area contributed by atoms with E-state index in [1.807, 2.05) is 26.8 Å². The lowest BCUT2D eigenvalue weighted by molar-refractivity contribution is -0.130. The molecule has 0 saturated carbocycles. The Balaban J connectivity index is 1.87. The van der Waals surface area contributed by atoms with Crippen LogP contribution in [0.1, 0.15) is 49.3 Å². The quantitative estimate of drug-likeness (QED) is 0.752. The van der Waals surface area contributed by atoms with Gasteiger partial charge in [-0.25, -0.2) is 4.79 Å². The molecule has 0 aromatic carbocycles. The molecule has 2 heterocycles. The maximum atomic E-state index is 12.3. The van der Waals surface area contributed by atoms with Gasteiger partial charge < -0.3 is 9.42 Å². The number of aryl methyl sites for hydroxylation is 2. The Labute approximate surface area is 146 Å². The highest BCUT2D eigenvalue weighted by Gasteiger charge is 2.14. The predicted octanol–water partition coefficient (Wildman–Crippen LogP) is 1.46. The van der Waals surface area contributed by atoms with Gasteiger partial charge in [-0.05, 0) is 19.9 Å². The van der Waals surface area contributed by atoms with Crippen LogP contribution in [-0.2, 0) is 17.8 Å². The van der Waals surface area contributed by atoms with E-state index in [-0.39, 0.29) is 23.9 Å². The van der Waals surface area contributed by atoms with Crippen LogP contribution in [0.25, 0.3) is 0 Å². The van der Waals surface area contributed by atoms with E-state index in [9.17, 15) is 9.59 Å². The fraction of sp³-hybridized carbons (Fsp3) is 0.588. The molecule has 0 radical (unpaired) electrons. The van der Waals surface area contributed by atoms with Crippen LogP contribution < -0.4 is 5.69 Å². The van der Waals surface area contributed by atoms with Gasteiger partial charge in [-0.3, -0.25) is 9.36 Å². The van der Waals surface area contributed by atoms with Gasteiger partial charge in [0, 0.05) is 50.3 Å². The van der Waals surface area contributed by atoms with Crippen molar-refractivity contribution in [3.63, 3.8) is 0 Å². The van der Waals surface area contributed by atoms with Crippen LogP contribution >= 0.6 is 0 Å². The molecule has 2 aromatic heterocycles. The number of nitrogens with zero attached hydrogens (tertiary/aromatic N) is 5. The lowest BCUT2D eigenvalue weighted by Crippen LogP contribution is -2.32. The largest absolute Gasteiger partial charge is 0.347 e. The maximum Gasteiger partial charge on any atom is 0.347 e. The molecule has 0 bridgehead atoms. The summed E-state index contributed by atoms with van der Waals surface area (Å²) in [4.78, 5) is 34.0. The molecular weight excluding hydrogens is 322 g/mol. The molecule has 0 fully saturated rings. The highest BCUT2D eigenvalue weighted by atomic mass is 16.5. The van der Waals surface area contributed by atoms with E-state index in [4.69, 9.17) is 4.52 Å². The van der Waals surface area contributed by atoms with E-state index in [0.29, 0.717) is 36.9 Å². The van der Waals surface area contributed by atoms with Crippen molar-refractivity contribution in [1.82, 2.24) is 24.6 Å². The van der Waals surface area contributed by atoms with Crippen molar-refractivity contribution in [3.05, 3.63) is 39.7 Å². The normalized spacial score (nSPS) is 11.1. The highest BCUT2D eigenvalue weighted by molar-refractivity contribution is 5.75. The van der Waals surface area contributed by atoms with Gasteiger partial charge >= 0.3 is 5.69 Å². The van der Waals surface area contributed by atoms with Gasteiger partial charge in [0.1, 0.15) is 0 Å². The molecule has 0 atom stereocenters. The molecule has 0 spiro atoms. The monoisotopic (exact) mass is 347 g/mol. The lowest BCUT2D eigenvalue weighted by atomic mass is 10.2. The summed E-state index contributed by atoms with van der Waals surface area (Å²) in [5.74, 6) is 1.34. The molecule has 0 aliphatic heterocycles. The van der Waals surface area contributed by atoms with E-state index in [1.54, 1.807) is 18.9 Å². The SMILES string of the molecule is Cc1cc(C)n(CCC(=O)N(C)CCc2noc(C(C)C)n2)c(=O)n1. The summed E-state index contributed by atoms with van der Waals surface area (Å²) in [5.41, 5.74) is 1.17. The van der Waals surface area contributed by atoms with Crippen LogP contribution in [-0.4, -0.2) is 44.1 Å². The average molecular weight is 347 g/mol. The summed E-state index contributed by atoms with van der Waals surface area (Å²) in [7, 11) is 1.73. The Kier molecular flexibility index (Phi) is 6.06. The van der Waals surface area contributed by atoms with Crippen LogP contribution in [0.3, 0.4) is 0 Å². The van der Waals surface area contributed by atoms with Crippen LogP contribution in [0, 0.1) is 13.8 Å². The number of likely N-dealkylation sites (N-methyl/N-ethyl adjacent to an activating group) is 1. The van der Waals surface area contributed by atoms with E-state index >= 15 is 0 Å². The van der Waals surface area contributed by atoms with Gasteiger partial charge in [0.05, 0.1) is 0 Å². The van der Waals surface area contributed by atoms with Crippen LogP contribution in [0.15, 0.2) is 15.4 Å². The first-order valence-corrected chi connectivity index (χ1v) is 8.39. The zero-order valence-corrected chi connectivity index (χ0v) is 15.4. The topological polar surface area (TPSA) is 94.1 Å². The van der Waals surface area contributed by atoms with Gasteiger partial charge in [0.2, 0.25) is 11.8 Å². The lowest BCUT2D eigenvalue weighted by Gasteiger charge is -2.17. The van der Waals surface area contributed by atoms with E-state index in [1.165, 1.54) is 4.57 Å². The number of carbonyl (C=O) groups is 1. The molecule has 8 nitrogen and oxygen atoms in total. The van der Waals surface area contributed by atoms with Crippen molar-refractivity contribution in [2.75, 3.05) is 13.6 Å². The summed E-state index contributed by atoms with van der Waals surface area (Å²) in [5, 5.41) is 3.92. The van der Waals surface area contributed by atoms with Crippen molar-refractivity contribution < 1.29 is 9.32 Å². The minimum Gasteiger partial charge on any atom is -0.345 e. The Hall–Kier alpha value is -2.51. The minimum absolute atomic E-state index is 0.0422. The number of amides is 1. The predicted molar refractivity (Wildman–Crippen MR) is 92.3 cm³/mol. The van der Waals surface area contributed by atoms with Crippen LogP contribution in [0.5, 0.6) is 0 Å². The first-order chi connectivity index (χ1) is 11.8. The van der Waals surface area contributed by atoms with E-state index < -0.39 is 0 Å². The molecule has 0 saturated heterocycles. The van der Waals surface area contributed by atoms with Crippen LogP contribution in [0.2, 0.25) is 0 Å². The first kappa shape index (κ1) is 18.8.